The number of carbonyl (C=O) groups is 5. The first-order chi connectivity index (χ1) is 29.1. The third kappa shape index (κ3) is 14.7. The Hall–Kier alpha value is -2.69. The van der Waals surface area contributed by atoms with E-state index in [1.807, 2.05) is 6.92 Å². The molecule has 2 heterocycles. The minimum absolute atomic E-state index is 0.0325. The van der Waals surface area contributed by atoms with Crippen molar-refractivity contribution in [3.8, 4) is 0 Å². The van der Waals surface area contributed by atoms with Crippen molar-refractivity contribution < 1.29 is 78.3 Å². The Labute approximate surface area is 357 Å². The first-order valence-electron chi connectivity index (χ1n) is 22.2. The van der Waals surface area contributed by atoms with Crippen LogP contribution in [0.1, 0.15) is 117 Å². The Morgan fingerprint density at radius 1 is 0.836 bits per heavy atom. The maximum absolute atomic E-state index is 13.9. The number of aliphatic carboxylic acids is 1. The fraction of sp³-hybridized carbons (Fsp3) is 0.881. The molecule has 19 nitrogen and oxygen atoms in total. The number of amides is 2. The number of aliphatic hydroxyl groups is 5. The van der Waals surface area contributed by atoms with E-state index in [1.54, 1.807) is 0 Å². The average molecular weight is 874 g/mol. The summed E-state index contributed by atoms with van der Waals surface area (Å²) in [4.78, 5) is 63.5. The maximum Gasteiger partial charge on any atom is 0.332 e. The number of nitrogens with two attached hydrogens (primary N) is 1. The number of rotatable bonds is 23. The predicted molar refractivity (Wildman–Crippen MR) is 215 cm³/mol. The van der Waals surface area contributed by atoms with Gasteiger partial charge < -0.3 is 70.7 Å². The molecule has 15 atom stereocenters. The number of ether oxygens (including phenoxy) is 5. The summed E-state index contributed by atoms with van der Waals surface area (Å²) in [7, 11) is 0. The Kier molecular flexibility index (Phi) is 20.9. The Bertz CT molecular complexity index is 1420. The third-order valence-electron chi connectivity index (χ3n) is 12.6. The van der Waals surface area contributed by atoms with Crippen molar-refractivity contribution in [3.05, 3.63) is 0 Å². The molecule has 4 rings (SSSR count). The number of hydrogen-bond donors (Lipinski definition) is 9. The van der Waals surface area contributed by atoms with E-state index in [1.165, 1.54) is 13.8 Å². The lowest BCUT2D eigenvalue weighted by Crippen LogP contribution is -2.67. The normalized spacial score (nSPS) is 35.2. The van der Waals surface area contributed by atoms with Gasteiger partial charge in [0, 0.05) is 45.1 Å². The van der Waals surface area contributed by atoms with Gasteiger partial charge in [-0.2, -0.15) is 0 Å². The van der Waals surface area contributed by atoms with E-state index >= 15 is 0 Å². The van der Waals surface area contributed by atoms with E-state index in [4.69, 9.17) is 29.4 Å². The molecule has 0 aromatic rings. The molecule has 6 unspecified atom stereocenters. The zero-order chi connectivity index (χ0) is 44.8. The minimum Gasteiger partial charge on any atom is -0.479 e. The standard InChI is InChI=1S/C42H71N3O16/c1-4-25-19-26(28(49)13-9-17-44-32(50)15-14-27(48)12-8-16-43)20-29(38(25)61-42-37(54)36(53)34(51)22(2)57-42)59-41-33(45-23(3)47)39(35(52)31(21-46)60-41)58-30(40(55)56)18-24-10-6-5-7-11-24/h22,24-26,29-31,33-39,41-42,46,51-54H,4-21,43H2,1-3H3,(H,44,50)(H,45,47)(H,55,56)/t22?,25?,26?,29-,30+,31+,33?,34-,35+,36+,37?,38-,39?,41-,42+/m1/s1. The minimum atomic E-state index is -1.66. The monoisotopic (exact) mass is 873 g/mol. The predicted octanol–water partition coefficient (Wildman–Crippen LogP) is -0.0342. The van der Waals surface area contributed by atoms with Crippen LogP contribution in [0.15, 0.2) is 0 Å². The number of ketones is 2. The van der Waals surface area contributed by atoms with Crippen LogP contribution < -0.4 is 16.4 Å². The van der Waals surface area contributed by atoms with Gasteiger partial charge in [0.1, 0.15) is 54.2 Å². The molecule has 350 valence electrons. The zero-order valence-corrected chi connectivity index (χ0v) is 35.8. The molecule has 4 aliphatic rings. The Morgan fingerprint density at radius 3 is 2.20 bits per heavy atom. The first-order valence-corrected chi connectivity index (χ1v) is 22.2. The fourth-order valence-corrected chi connectivity index (χ4v) is 9.08. The van der Waals surface area contributed by atoms with Gasteiger partial charge in [-0.25, -0.2) is 4.79 Å². The number of aliphatic hydroxyl groups excluding tert-OH is 5. The molecule has 2 aliphatic heterocycles. The lowest BCUT2D eigenvalue weighted by molar-refractivity contribution is -0.338. The van der Waals surface area contributed by atoms with Crippen LogP contribution in [0.4, 0.5) is 0 Å². The molecule has 4 fully saturated rings. The fourth-order valence-electron chi connectivity index (χ4n) is 9.08. The zero-order valence-electron chi connectivity index (χ0n) is 35.8. The van der Waals surface area contributed by atoms with Gasteiger partial charge in [-0.05, 0) is 57.4 Å². The highest BCUT2D eigenvalue weighted by molar-refractivity contribution is 5.85. The smallest absolute Gasteiger partial charge is 0.332 e. The van der Waals surface area contributed by atoms with Crippen LogP contribution in [0.3, 0.4) is 0 Å². The van der Waals surface area contributed by atoms with Crippen LogP contribution >= 0.6 is 0 Å². The number of carbonyl (C=O) groups excluding carboxylic acids is 4. The van der Waals surface area contributed by atoms with Gasteiger partial charge in [0.15, 0.2) is 18.7 Å². The van der Waals surface area contributed by atoms with Crippen molar-refractivity contribution in [2.24, 2.45) is 23.5 Å². The number of hydrogen-bond acceptors (Lipinski definition) is 16. The molecule has 0 aromatic carbocycles. The van der Waals surface area contributed by atoms with Gasteiger partial charge in [-0.1, -0.05) is 45.4 Å². The second-order valence-electron chi connectivity index (χ2n) is 17.3. The molecule has 10 N–H and O–H groups in total. The van der Waals surface area contributed by atoms with E-state index in [2.05, 4.69) is 10.6 Å². The van der Waals surface area contributed by atoms with Crippen LogP contribution in [0.25, 0.3) is 0 Å². The van der Waals surface area contributed by atoms with E-state index in [0.29, 0.717) is 38.6 Å². The Morgan fingerprint density at radius 2 is 1.56 bits per heavy atom. The summed E-state index contributed by atoms with van der Waals surface area (Å²) in [5, 5.41) is 69.4. The molecule has 0 aromatic heterocycles. The summed E-state index contributed by atoms with van der Waals surface area (Å²) in [6.45, 7) is 4.48. The molecule has 0 spiro atoms. The van der Waals surface area contributed by atoms with Crippen LogP contribution in [0.2, 0.25) is 0 Å². The van der Waals surface area contributed by atoms with Gasteiger partial charge in [0.25, 0.3) is 0 Å². The summed E-state index contributed by atoms with van der Waals surface area (Å²) in [5.74, 6) is -3.25. The van der Waals surface area contributed by atoms with Crippen molar-refractivity contribution in [2.45, 2.75) is 197 Å². The van der Waals surface area contributed by atoms with Crippen LogP contribution in [-0.4, -0.2) is 159 Å². The van der Waals surface area contributed by atoms with Gasteiger partial charge in [-0.15, -0.1) is 0 Å². The van der Waals surface area contributed by atoms with Crippen LogP contribution in [0, 0.1) is 17.8 Å². The third-order valence-corrected chi connectivity index (χ3v) is 12.6. The molecule has 61 heavy (non-hydrogen) atoms. The molecular weight excluding hydrogens is 802 g/mol. The summed E-state index contributed by atoms with van der Waals surface area (Å²) in [6.07, 6.45) is -9.17. The molecule has 0 radical (unpaired) electrons. The molecular formula is C42H71N3O16. The maximum atomic E-state index is 13.9. The molecule has 19 heteroatoms. The summed E-state index contributed by atoms with van der Waals surface area (Å²) < 4.78 is 31.1. The summed E-state index contributed by atoms with van der Waals surface area (Å²) in [6, 6.07) is -1.31. The van der Waals surface area contributed by atoms with E-state index < -0.39 is 110 Å². The highest BCUT2D eigenvalue weighted by atomic mass is 16.7. The Balaban J connectivity index is 1.57. The van der Waals surface area contributed by atoms with Crippen molar-refractivity contribution in [1.29, 1.82) is 0 Å². The molecule has 2 amide bonds. The largest absolute Gasteiger partial charge is 0.479 e. The lowest BCUT2D eigenvalue weighted by atomic mass is 9.74. The summed E-state index contributed by atoms with van der Waals surface area (Å²) in [5.41, 5.74) is 5.45. The first kappa shape index (κ1) is 50.9. The number of nitrogens with one attached hydrogen (secondary N) is 2. The van der Waals surface area contributed by atoms with Gasteiger partial charge in [-0.3, -0.25) is 19.2 Å². The van der Waals surface area contributed by atoms with Crippen molar-refractivity contribution in [2.75, 3.05) is 19.7 Å². The number of carboxylic acid groups (broad SMARTS) is 1. The van der Waals surface area contributed by atoms with Crippen LogP contribution in [-0.2, 0) is 47.7 Å². The highest BCUT2D eigenvalue weighted by Gasteiger charge is 2.52. The van der Waals surface area contributed by atoms with E-state index in [9.17, 15) is 54.6 Å². The molecule has 2 saturated carbocycles. The van der Waals surface area contributed by atoms with Crippen molar-refractivity contribution in [1.82, 2.24) is 10.6 Å². The topological polar surface area (TPSA) is 303 Å². The summed E-state index contributed by atoms with van der Waals surface area (Å²) >= 11 is 0. The van der Waals surface area contributed by atoms with Crippen LogP contribution in [0.5, 0.6) is 0 Å². The van der Waals surface area contributed by atoms with E-state index in [-0.39, 0.29) is 62.0 Å². The molecule has 2 aliphatic carbocycles. The SMILES string of the molecule is CCC1CC(C(=O)CCCNC(=O)CCC(=O)CCCN)C[C@@H](O[C@@H]2O[C@@H](CO)[C@H](O)C(O[C@@H](CC3CCCCC3)C(=O)O)C2NC(C)=O)[C@@H]1O[C@@H]1OC(C)[C@@H](O)[C@H](O)C1O. The van der Waals surface area contributed by atoms with E-state index in [0.717, 1.165) is 32.1 Å². The number of Topliss-reactive ketones (excluding diaryl/α,β-unsaturated/α-hetero) is 2. The van der Waals surface area contributed by atoms with Gasteiger partial charge in [0.2, 0.25) is 11.8 Å². The number of carboxylic acids is 1. The highest BCUT2D eigenvalue weighted by Crippen LogP contribution is 2.40. The second kappa shape index (κ2) is 25.0. The molecule has 2 saturated heterocycles. The molecule has 0 bridgehead atoms. The van der Waals surface area contributed by atoms with Crippen molar-refractivity contribution in [3.63, 3.8) is 0 Å². The quantitative estimate of drug-likeness (QED) is 0.0609. The van der Waals surface area contributed by atoms with Gasteiger partial charge >= 0.3 is 5.97 Å². The average Bonchev–Trinajstić information content (AvgIpc) is 3.23. The second-order valence-corrected chi connectivity index (χ2v) is 17.3. The van der Waals surface area contributed by atoms with Gasteiger partial charge in [0.05, 0.1) is 24.9 Å². The van der Waals surface area contributed by atoms with Crippen molar-refractivity contribution >= 4 is 29.4 Å². The lowest BCUT2D eigenvalue weighted by Gasteiger charge is -2.49.